The zero-order valence-corrected chi connectivity index (χ0v) is 21.6. The van der Waals surface area contributed by atoms with Gasteiger partial charge in [0.25, 0.3) is 11.8 Å². The average molecular weight is 501 g/mol. The highest BCUT2D eigenvalue weighted by Gasteiger charge is 2.44. The van der Waals surface area contributed by atoms with E-state index in [1.807, 2.05) is 42.5 Å². The Morgan fingerprint density at radius 1 is 0.946 bits per heavy atom. The van der Waals surface area contributed by atoms with Gasteiger partial charge in [-0.15, -0.1) is 0 Å². The van der Waals surface area contributed by atoms with Crippen LogP contribution in [0.15, 0.2) is 72.8 Å². The molecule has 1 aliphatic heterocycles. The maximum absolute atomic E-state index is 13.8. The average Bonchev–Trinajstić information content (AvgIpc) is 3.22. The van der Waals surface area contributed by atoms with Crippen LogP contribution in [0.25, 0.3) is 0 Å². The molecule has 1 atom stereocenters. The van der Waals surface area contributed by atoms with E-state index in [9.17, 15) is 14.4 Å². The highest BCUT2D eigenvalue weighted by molar-refractivity contribution is 6.23. The summed E-state index contributed by atoms with van der Waals surface area (Å²) in [4.78, 5) is 43.2. The topological polar surface area (TPSA) is 76.2 Å². The Labute approximate surface area is 217 Å². The number of carbonyl (C=O) groups is 3. The van der Waals surface area contributed by atoms with Crippen molar-refractivity contribution >= 4 is 23.4 Å². The van der Waals surface area contributed by atoms with Gasteiger partial charge in [-0.1, -0.05) is 56.3 Å². The molecule has 0 spiro atoms. The molecule has 4 rings (SSSR count). The molecule has 3 aromatic rings. The maximum Gasteiger partial charge on any atom is 0.257 e. The van der Waals surface area contributed by atoms with E-state index in [1.165, 1.54) is 24.0 Å². The second kappa shape index (κ2) is 11.3. The fraction of sp³-hybridized carbons (Fsp3) is 0.300. The lowest BCUT2D eigenvalue weighted by atomic mass is 10.0. The molecule has 192 valence electrons. The summed E-state index contributed by atoms with van der Waals surface area (Å²) < 4.78 is 10.7. The molecule has 7 heteroatoms. The van der Waals surface area contributed by atoms with Crippen LogP contribution in [-0.2, 0) is 16.0 Å². The summed E-state index contributed by atoms with van der Waals surface area (Å²) in [6.45, 7) is 4.45. The number of rotatable bonds is 9. The lowest BCUT2D eigenvalue weighted by Crippen LogP contribution is -2.46. The van der Waals surface area contributed by atoms with Crippen molar-refractivity contribution < 1.29 is 23.9 Å². The second-order valence-corrected chi connectivity index (χ2v) is 9.34. The Hall–Kier alpha value is -4.13. The van der Waals surface area contributed by atoms with Crippen LogP contribution >= 0.6 is 0 Å². The van der Waals surface area contributed by atoms with Crippen molar-refractivity contribution in [3.05, 3.63) is 89.5 Å². The van der Waals surface area contributed by atoms with Gasteiger partial charge >= 0.3 is 0 Å². The molecule has 3 amide bonds. The number of nitrogens with zero attached hydrogens (tertiary/aromatic N) is 2. The molecular formula is C30H32N2O5. The minimum absolute atomic E-state index is 0.0708. The van der Waals surface area contributed by atoms with Gasteiger partial charge in [-0.2, -0.15) is 0 Å². The van der Waals surface area contributed by atoms with E-state index in [0.29, 0.717) is 35.1 Å². The first-order valence-electron chi connectivity index (χ1n) is 12.4. The van der Waals surface area contributed by atoms with Gasteiger partial charge in [-0.25, -0.2) is 4.90 Å². The summed E-state index contributed by atoms with van der Waals surface area (Å²) in [7, 11) is 3.03. The molecule has 3 aromatic carbocycles. The third-order valence-corrected chi connectivity index (χ3v) is 6.69. The molecule has 7 nitrogen and oxygen atoms in total. The van der Waals surface area contributed by atoms with Crippen LogP contribution in [0.4, 0.5) is 5.69 Å². The quantitative estimate of drug-likeness (QED) is 0.393. The van der Waals surface area contributed by atoms with Crippen LogP contribution < -0.4 is 14.4 Å². The number of imide groups is 1. The number of anilines is 1. The van der Waals surface area contributed by atoms with E-state index >= 15 is 0 Å². The highest BCUT2D eigenvalue weighted by Crippen LogP contribution is 2.31. The number of hydrogen-bond acceptors (Lipinski definition) is 5. The molecular weight excluding hydrogens is 468 g/mol. The number of hydrogen-bond donors (Lipinski definition) is 0. The molecule has 1 saturated heterocycles. The Kier molecular flexibility index (Phi) is 7.92. The third-order valence-electron chi connectivity index (χ3n) is 6.69. The molecule has 0 aliphatic carbocycles. The molecule has 0 saturated carbocycles. The zero-order chi connectivity index (χ0) is 26.5. The smallest absolute Gasteiger partial charge is 0.257 e. The van der Waals surface area contributed by atoms with Gasteiger partial charge in [-0.05, 0) is 53.8 Å². The van der Waals surface area contributed by atoms with Gasteiger partial charge in [0, 0.05) is 12.1 Å². The fourth-order valence-electron chi connectivity index (χ4n) is 4.57. The summed E-state index contributed by atoms with van der Waals surface area (Å²) in [5, 5.41) is 0. The first kappa shape index (κ1) is 25.9. The number of amides is 3. The first-order valence-corrected chi connectivity index (χ1v) is 12.4. The van der Waals surface area contributed by atoms with E-state index in [0.717, 1.165) is 11.1 Å². The minimum Gasteiger partial charge on any atom is -0.493 e. The monoisotopic (exact) mass is 500 g/mol. The first-order chi connectivity index (χ1) is 17.8. The van der Waals surface area contributed by atoms with Crippen LogP contribution in [0.1, 0.15) is 47.7 Å². The second-order valence-electron chi connectivity index (χ2n) is 9.34. The molecule has 1 unspecified atom stereocenters. The maximum atomic E-state index is 13.8. The summed E-state index contributed by atoms with van der Waals surface area (Å²) in [5.74, 6) is 0.177. The Bertz CT molecular complexity index is 1270. The van der Waals surface area contributed by atoms with Crippen molar-refractivity contribution in [2.24, 2.45) is 0 Å². The van der Waals surface area contributed by atoms with Gasteiger partial charge in [0.05, 0.1) is 26.3 Å². The van der Waals surface area contributed by atoms with Crippen molar-refractivity contribution in [1.82, 2.24) is 4.90 Å². The van der Waals surface area contributed by atoms with Gasteiger partial charge in [-0.3, -0.25) is 14.4 Å². The molecule has 1 fully saturated rings. The lowest BCUT2D eigenvalue weighted by molar-refractivity contribution is -0.122. The van der Waals surface area contributed by atoms with E-state index in [2.05, 4.69) is 13.8 Å². The number of benzene rings is 3. The number of carbonyl (C=O) groups excluding carboxylic acids is 3. The van der Waals surface area contributed by atoms with Crippen LogP contribution in [0.3, 0.4) is 0 Å². The third kappa shape index (κ3) is 5.50. The molecule has 0 bridgehead atoms. The minimum atomic E-state index is -0.901. The molecule has 1 aliphatic rings. The van der Waals surface area contributed by atoms with Crippen molar-refractivity contribution in [1.29, 1.82) is 0 Å². The van der Waals surface area contributed by atoms with E-state index in [4.69, 9.17) is 9.47 Å². The van der Waals surface area contributed by atoms with Gasteiger partial charge < -0.3 is 14.4 Å². The zero-order valence-electron chi connectivity index (χ0n) is 21.6. The van der Waals surface area contributed by atoms with Crippen LogP contribution in [0.2, 0.25) is 0 Å². The van der Waals surface area contributed by atoms with Gasteiger partial charge in [0.1, 0.15) is 6.04 Å². The Morgan fingerprint density at radius 2 is 1.62 bits per heavy atom. The van der Waals surface area contributed by atoms with Crippen molar-refractivity contribution in [3.8, 4) is 11.5 Å². The molecule has 0 radical (unpaired) electrons. The molecule has 0 aromatic heterocycles. The van der Waals surface area contributed by atoms with Gasteiger partial charge in [0.2, 0.25) is 5.91 Å². The standard InChI is InChI=1S/C30H32N2O5/c1-20(2)22-10-13-24(14-11-22)32-28(33)19-25(30(32)35)31(17-16-21-8-6-5-7-9-21)29(34)23-12-15-26(36-3)27(18-23)37-4/h5-15,18,20,25H,16-17,19H2,1-4H3. The van der Waals surface area contributed by atoms with Crippen LogP contribution in [0.5, 0.6) is 11.5 Å². The summed E-state index contributed by atoms with van der Waals surface area (Å²) in [6, 6.07) is 21.2. The van der Waals surface area contributed by atoms with E-state index in [1.54, 1.807) is 30.3 Å². The SMILES string of the molecule is COc1ccc(C(=O)N(CCc2ccccc2)C2CC(=O)N(c3ccc(C(C)C)cc3)C2=O)cc1OC. The van der Waals surface area contributed by atoms with Crippen LogP contribution in [0, 0.1) is 0 Å². The van der Waals surface area contributed by atoms with Gasteiger partial charge in [0.15, 0.2) is 11.5 Å². The van der Waals surface area contributed by atoms with E-state index in [-0.39, 0.29) is 24.8 Å². The largest absolute Gasteiger partial charge is 0.493 e. The van der Waals surface area contributed by atoms with Crippen LogP contribution in [-0.4, -0.2) is 49.4 Å². The predicted molar refractivity (Wildman–Crippen MR) is 142 cm³/mol. The van der Waals surface area contributed by atoms with Crippen molar-refractivity contribution in [3.63, 3.8) is 0 Å². The Balaban J connectivity index is 1.65. The van der Waals surface area contributed by atoms with Crippen molar-refractivity contribution in [2.45, 2.75) is 38.6 Å². The fourth-order valence-corrected chi connectivity index (χ4v) is 4.57. The van der Waals surface area contributed by atoms with E-state index < -0.39 is 11.9 Å². The number of methoxy groups -OCH3 is 2. The Morgan fingerprint density at radius 3 is 2.24 bits per heavy atom. The lowest BCUT2D eigenvalue weighted by Gasteiger charge is -2.28. The molecule has 0 N–H and O–H groups in total. The summed E-state index contributed by atoms with van der Waals surface area (Å²) in [6.07, 6.45) is 0.472. The normalized spacial score (nSPS) is 15.3. The van der Waals surface area contributed by atoms with Crippen molar-refractivity contribution in [2.75, 3.05) is 25.7 Å². The molecule has 1 heterocycles. The highest BCUT2D eigenvalue weighted by atomic mass is 16.5. The molecule has 37 heavy (non-hydrogen) atoms. The summed E-state index contributed by atoms with van der Waals surface area (Å²) in [5.41, 5.74) is 3.02. The summed E-state index contributed by atoms with van der Waals surface area (Å²) >= 11 is 0. The predicted octanol–water partition coefficient (Wildman–Crippen LogP) is 4.84. The number of ether oxygens (including phenoxy) is 2.